The van der Waals surface area contributed by atoms with Crippen LogP contribution in [-0.4, -0.2) is 28.0 Å². The normalized spacial score (nSPS) is 12.2. The molecule has 1 aromatic heterocycles. The Morgan fingerprint density at radius 3 is 2.54 bits per heavy atom. The van der Waals surface area contributed by atoms with Crippen LogP contribution in [0.25, 0.3) is 11.0 Å². The predicted molar refractivity (Wildman–Crippen MR) is 104 cm³/mol. The molecule has 0 saturated carbocycles. The van der Waals surface area contributed by atoms with Crippen molar-refractivity contribution >= 4 is 41.8 Å². The van der Waals surface area contributed by atoms with E-state index >= 15 is 0 Å². The van der Waals surface area contributed by atoms with Gasteiger partial charge in [-0.25, -0.2) is 4.98 Å². The van der Waals surface area contributed by atoms with Crippen molar-refractivity contribution in [1.82, 2.24) is 14.9 Å². The van der Waals surface area contributed by atoms with Gasteiger partial charge in [0.15, 0.2) is 0 Å². The Morgan fingerprint density at radius 2 is 1.92 bits per heavy atom. The van der Waals surface area contributed by atoms with Gasteiger partial charge in [0.25, 0.3) is 0 Å². The summed E-state index contributed by atoms with van der Waals surface area (Å²) in [4.78, 5) is 16.5. The highest BCUT2D eigenvalue weighted by Crippen LogP contribution is 2.17. The third kappa shape index (κ3) is 5.36. The molecule has 0 unspecified atom stereocenters. The van der Waals surface area contributed by atoms with Crippen molar-refractivity contribution in [1.29, 1.82) is 0 Å². The van der Waals surface area contributed by atoms with E-state index in [-0.39, 0.29) is 36.1 Å². The molecular weight excluding hydrogens is 347 g/mol. The largest absolute Gasteiger partial charge is 0.355 e. The highest BCUT2D eigenvalue weighted by Gasteiger charge is 2.26. The van der Waals surface area contributed by atoms with Crippen molar-refractivity contribution in [2.75, 3.05) is 6.54 Å². The lowest BCUT2D eigenvalue weighted by Crippen LogP contribution is -2.48. The van der Waals surface area contributed by atoms with Crippen LogP contribution >= 0.6 is 24.8 Å². The zero-order chi connectivity index (χ0) is 16.3. The number of amides is 1. The lowest BCUT2D eigenvalue weighted by Gasteiger charge is -2.25. The zero-order valence-electron chi connectivity index (χ0n) is 14.7. The number of aryl methyl sites for hydroxylation is 2. The van der Waals surface area contributed by atoms with Gasteiger partial charge in [-0.05, 0) is 30.9 Å². The number of nitrogens with one attached hydrogen (secondary N) is 1. The Labute approximate surface area is 156 Å². The first-order valence-electron chi connectivity index (χ1n) is 7.76. The van der Waals surface area contributed by atoms with E-state index in [1.165, 1.54) is 0 Å². The smallest absolute Gasteiger partial charge is 0.237 e. The molecule has 5 nitrogen and oxygen atoms in total. The molecule has 2 rings (SSSR count). The number of carbonyl (C=O) groups is 1. The fraction of sp³-hybridized carbons (Fsp3) is 0.529. The first-order chi connectivity index (χ1) is 10.3. The molecule has 0 aliphatic carbocycles. The molecule has 24 heavy (non-hydrogen) atoms. The van der Waals surface area contributed by atoms with E-state index < -0.39 is 6.04 Å². The summed E-state index contributed by atoms with van der Waals surface area (Å²) in [7, 11) is 0. The Balaban J connectivity index is 0.00000264. The molecule has 1 amide bonds. The van der Waals surface area contributed by atoms with E-state index in [1.54, 1.807) is 0 Å². The van der Waals surface area contributed by atoms with E-state index in [9.17, 15) is 4.79 Å². The SMILES string of the molecule is Cc1nc2ccccc2n1CCCNC(=O)[C@@H](N)C(C)(C)C.Cl.Cl. The van der Waals surface area contributed by atoms with Gasteiger partial charge in [-0.15, -0.1) is 24.8 Å². The molecular formula is C17H28Cl2N4O. The number of carbonyl (C=O) groups excluding carboxylic acids is 1. The maximum atomic E-state index is 12.0. The topological polar surface area (TPSA) is 72.9 Å². The highest BCUT2D eigenvalue weighted by molar-refractivity contribution is 5.85. The summed E-state index contributed by atoms with van der Waals surface area (Å²) in [5, 5.41) is 2.92. The lowest BCUT2D eigenvalue weighted by molar-refractivity contribution is -0.124. The molecule has 0 spiro atoms. The summed E-state index contributed by atoms with van der Waals surface area (Å²) in [5.74, 6) is 0.915. The van der Waals surface area contributed by atoms with Crippen LogP contribution in [0, 0.1) is 12.3 Å². The second-order valence-electron chi connectivity index (χ2n) is 6.79. The molecule has 0 radical (unpaired) electrons. The summed E-state index contributed by atoms with van der Waals surface area (Å²) in [5.41, 5.74) is 7.87. The second-order valence-corrected chi connectivity index (χ2v) is 6.79. The molecule has 0 aliphatic rings. The van der Waals surface area contributed by atoms with Crippen LogP contribution in [0.5, 0.6) is 0 Å². The lowest BCUT2D eigenvalue weighted by atomic mass is 9.87. The number of benzene rings is 1. The maximum Gasteiger partial charge on any atom is 0.237 e. The van der Waals surface area contributed by atoms with Crippen molar-refractivity contribution in [3.05, 3.63) is 30.1 Å². The van der Waals surface area contributed by atoms with E-state index in [2.05, 4.69) is 20.9 Å². The third-order valence-corrected chi connectivity index (χ3v) is 3.92. The fourth-order valence-corrected chi connectivity index (χ4v) is 2.43. The number of fused-ring (bicyclic) bond motifs is 1. The minimum atomic E-state index is -0.483. The molecule has 0 fully saturated rings. The van der Waals surface area contributed by atoms with Crippen molar-refractivity contribution in [3.8, 4) is 0 Å². The number of hydrogen-bond acceptors (Lipinski definition) is 3. The average Bonchev–Trinajstić information content (AvgIpc) is 2.77. The molecule has 0 bridgehead atoms. The summed E-state index contributed by atoms with van der Waals surface area (Å²) in [6, 6.07) is 7.62. The van der Waals surface area contributed by atoms with E-state index in [0.717, 1.165) is 29.8 Å². The average molecular weight is 375 g/mol. The van der Waals surface area contributed by atoms with Crippen LogP contribution in [0.3, 0.4) is 0 Å². The van der Waals surface area contributed by atoms with E-state index in [4.69, 9.17) is 5.73 Å². The van der Waals surface area contributed by atoms with Gasteiger partial charge in [0.05, 0.1) is 17.1 Å². The van der Waals surface area contributed by atoms with Crippen molar-refractivity contribution in [3.63, 3.8) is 0 Å². The van der Waals surface area contributed by atoms with Crippen molar-refractivity contribution < 1.29 is 4.79 Å². The number of aromatic nitrogens is 2. The first kappa shape index (κ1) is 22.7. The van der Waals surface area contributed by atoms with Gasteiger partial charge in [-0.1, -0.05) is 32.9 Å². The molecule has 1 heterocycles. The first-order valence-corrected chi connectivity index (χ1v) is 7.76. The minimum Gasteiger partial charge on any atom is -0.355 e. The molecule has 0 saturated heterocycles. The number of rotatable bonds is 5. The third-order valence-electron chi connectivity index (χ3n) is 3.92. The second kappa shape index (κ2) is 9.25. The van der Waals surface area contributed by atoms with Gasteiger partial charge in [0, 0.05) is 13.1 Å². The van der Waals surface area contributed by atoms with Crippen LogP contribution in [-0.2, 0) is 11.3 Å². The maximum absolute atomic E-state index is 12.0. The number of para-hydroxylation sites is 2. The Kier molecular flexibility index (Phi) is 8.75. The van der Waals surface area contributed by atoms with Crippen LogP contribution in [0.4, 0.5) is 0 Å². The van der Waals surface area contributed by atoms with Gasteiger partial charge >= 0.3 is 0 Å². The van der Waals surface area contributed by atoms with Crippen molar-refractivity contribution in [2.24, 2.45) is 11.1 Å². The molecule has 1 atom stereocenters. The Morgan fingerprint density at radius 1 is 1.29 bits per heavy atom. The van der Waals surface area contributed by atoms with Crippen molar-refractivity contribution in [2.45, 2.75) is 46.7 Å². The van der Waals surface area contributed by atoms with Gasteiger partial charge in [0.2, 0.25) is 5.91 Å². The van der Waals surface area contributed by atoms with Crippen LogP contribution in [0.15, 0.2) is 24.3 Å². The standard InChI is InChI=1S/C17H26N4O.2ClH/c1-12-20-13-8-5-6-9-14(13)21(12)11-7-10-19-16(22)15(18)17(2,3)4;;/h5-6,8-9,15H,7,10-11,18H2,1-4H3,(H,19,22);2*1H/t15-;;/m1../s1. The van der Waals surface area contributed by atoms with Gasteiger partial charge in [-0.2, -0.15) is 0 Å². The Hall–Kier alpha value is -1.30. The predicted octanol–water partition coefficient (Wildman–Crippen LogP) is 3.07. The molecule has 136 valence electrons. The van der Waals surface area contributed by atoms with E-state index in [0.29, 0.717) is 6.54 Å². The highest BCUT2D eigenvalue weighted by atomic mass is 35.5. The summed E-state index contributed by atoms with van der Waals surface area (Å²) in [6.07, 6.45) is 0.851. The molecule has 3 N–H and O–H groups in total. The van der Waals surface area contributed by atoms with Gasteiger partial charge in [0.1, 0.15) is 5.82 Å². The number of nitrogens with two attached hydrogens (primary N) is 1. The van der Waals surface area contributed by atoms with Crippen LogP contribution in [0.1, 0.15) is 33.0 Å². The summed E-state index contributed by atoms with van der Waals surface area (Å²) < 4.78 is 2.19. The number of hydrogen-bond donors (Lipinski definition) is 2. The monoisotopic (exact) mass is 374 g/mol. The van der Waals surface area contributed by atoms with Gasteiger partial charge < -0.3 is 15.6 Å². The number of halogens is 2. The van der Waals surface area contributed by atoms with Crippen LogP contribution in [0.2, 0.25) is 0 Å². The molecule has 1 aromatic carbocycles. The molecule has 0 aliphatic heterocycles. The molecule has 2 aromatic rings. The van der Waals surface area contributed by atoms with Gasteiger partial charge in [-0.3, -0.25) is 4.79 Å². The molecule has 7 heteroatoms. The minimum absolute atomic E-state index is 0. The summed E-state index contributed by atoms with van der Waals surface area (Å²) in [6.45, 7) is 9.37. The Bertz CT molecular complexity index is 664. The zero-order valence-corrected chi connectivity index (χ0v) is 16.3. The number of nitrogens with zero attached hydrogens (tertiary/aromatic N) is 2. The summed E-state index contributed by atoms with van der Waals surface area (Å²) >= 11 is 0. The number of imidazole rings is 1. The fourth-order valence-electron chi connectivity index (χ4n) is 2.43. The van der Waals surface area contributed by atoms with Crippen LogP contribution < -0.4 is 11.1 Å². The van der Waals surface area contributed by atoms with E-state index in [1.807, 2.05) is 45.9 Å². The quantitative estimate of drug-likeness (QED) is 0.789.